The lowest BCUT2D eigenvalue weighted by Gasteiger charge is -2.21. The molecule has 2 N–H and O–H groups in total. The molecule has 0 atom stereocenters. The van der Waals surface area contributed by atoms with Crippen LogP contribution in [0.25, 0.3) is 0 Å². The highest BCUT2D eigenvalue weighted by atomic mass is 15.1. The summed E-state index contributed by atoms with van der Waals surface area (Å²) >= 11 is 0. The fraction of sp³-hybridized carbons (Fsp3) is 0.812. The standard InChI is InChI=1S/C16H29N3/c1-4-12(5-2)14-15(17)19(6-3)16(18-14)13-10-8-7-9-11-13/h12-13H,4-11,17H2,1-3H3. The second-order valence-corrected chi connectivity index (χ2v) is 5.83. The maximum Gasteiger partial charge on any atom is 0.127 e. The molecule has 1 fully saturated rings. The van der Waals surface area contributed by atoms with Crippen molar-refractivity contribution in [2.45, 2.75) is 84.1 Å². The predicted octanol–water partition coefficient (Wildman–Crippen LogP) is 4.44. The first-order chi connectivity index (χ1) is 9.22. The van der Waals surface area contributed by atoms with Gasteiger partial charge in [0, 0.05) is 18.4 Å². The number of hydrogen-bond donors (Lipinski definition) is 1. The van der Waals surface area contributed by atoms with E-state index in [9.17, 15) is 0 Å². The number of hydrogen-bond acceptors (Lipinski definition) is 2. The van der Waals surface area contributed by atoms with Crippen LogP contribution in [0, 0.1) is 0 Å². The average molecular weight is 263 g/mol. The van der Waals surface area contributed by atoms with Crippen LogP contribution in [0.3, 0.4) is 0 Å². The summed E-state index contributed by atoms with van der Waals surface area (Å²) in [7, 11) is 0. The van der Waals surface area contributed by atoms with Crippen LogP contribution < -0.4 is 5.73 Å². The Kier molecular flexibility index (Phi) is 4.89. The molecule has 1 heterocycles. The summed E-state index contributed by atoms with van der Waals surface area (Å²) in [5, 5.41) is 0. The van der Waals surface area contributed by atoms with Crippen LogP contribution in [-0.2, 0) is 6.54 Å². The van der Waals surface area contributed by atoms with Crippen LogP contribution in [-0.4, -0.2) is 9.55 Å². The van der Waals surface area contributed by atoms with E-state index in [1.54, 1.807) is 0 Å². The number of rotatable bonds is 5. The minimum absolute atomic E-state index is 0.523. The smallest absolute Gasteiger partial charge is 0.127 e. The third-order valence-corrected chi connectivity index (χ3v) is 4.72. The molecule has 0 saturated heterocycles. The zero-order valence-electron chi connectivity index (χ0n) is 12.8. The van der Waals surface area contributed by atoms with Gasteiger partial charge in [-0.05, 0) is 32.6 Å². The molecule has 0 unspecified atom stereocenters. The zero-order valence-corrected chi connectivity index (χ0v) is 12.8. The predicted molar refractivity (Wildman–Crippen MR) is 81.5 cm³/mol. The van der Waals surface area contributed by atoms with Crippen LogP contribution in [0.4, 0.5) is 5.82 Å². The van der Waals surface area contributed by atoms with Crippen LogP contribution in [0.1, 0.15) is 89.1 Å². The van der Waals surface area contributed by atoms with E-state index in [1.165, 1.54) is 37.9 Å². The first-order valence-corrected chi connectivity index (χ1v) is 8.08. The normalized spacial score (nSPS) is 17.3. The lowest BCUT2D eigenvalue weighted by Crippen LogP contribution is -2.12. The molecule has 3 heteroatoms. The molecular weight excluding hydrogens is 234 g/mol. The molecular formula is C16H29N3. The zero-order chi connectivity index (χ0) is 13.8. The SMILES string of the molecule is CCC(CC)c1nc(C2CCCCC2)n(CC)c1N. The fourth-order valence-corrected chi connectivity index (χ4v) is 3.48. The van der Waals surface area contributed by atoms with Crippen molar-refractivity contribution in [3.63, 3.8) is 0 Å². The van der Waals surface area contributed by atoms with Gasteiger partial charge in [-0.15, -0.1) is 0 Å². The molecule has 1 saturated carbocycles. The van der Waals surface area contributed by atoms with Crippen molar-refractivity contribution in [3.05, 3.63) is 11.5 Å². The molecule has 1 aliphatic carbocycles. The third-order valence-electron chi connectivity index (χ3n) is 4.72. The van der Waals surface area contributed by atoms with Gasteiger partial charge in [-0.3, -0.25) is 0 Å². The Labute approximate surface area is 117 Å². The van der Waals surface area contributed by atoms with Crippen molar-refractivity contribution in [3.8, 4) is 0 Å². The number of nitrogens with two attached hydrogens (primary N) is 1. The van der Waals surface area contributed by atoms with Crippen molar-refractivity contribution >= 4 is 5.82 Å². The van der Waals surface area contributed by atoms with Gasteiger partial charge in [0.15, 0.2) is 0 Å². The Bertz CT molecular complexity index is 398. The minimum Gasteiger partial charge on any atom is -0.384 e. The van der Waals surface area contributed by atoms with Gasteiger partial charge in [0.25, 0.3) is 0 Å². The molecule has 0 amide bonds. The molecule has 0 bridgehead atoms. The quantitative estimate of drug-likeness (QED) is 0.853. The molecule has 0 spiro atoms. The molecule has 0 aromatic carbocycles. The van der Waals surface area contributed by atoms with E-state index in [0.717, 1.165) is 30.9 Å². The summed E-state index contributed by atoms with van der Waals surface area (Å²) in [5.41, 5.74) is 7.53. The Morgan fingerprint density at radius 2 is 1.79 bits per heavy atom. The van der Waals surface area contributed by atoms with Crippen LogP contribution in [0.5, 0.6) is 0 Å². The number of anilines is 1. The van der Waals surface area contributed by atoms with Gasteiger partial charge in [-0.1, -0.05) is 33.1 Å². The summed E-state index contributed by atoms with van der Waals surface area (Å²) < 4.78 is 2.27. The Morgan fingerprint density at radius 1 is 1.16 bits per heavy atom. The van der Waals surface area contributed by atoms with Crippen LogP contribution in [0.2, 0.25) is 0 Å². The van der Waals surface area contributed by atoms with Crippen molar-refractivity contribution in [2.75, 3.05) is 5.73 Å². The van der Waals surface area contributed by atoms with Gasteiger partial charge in [-0.2, -0.15) is 0 Å². The summed E-state index contributed by atoms with van der Waals surface area (Å²) in [4.78, 5) is 4.98. The third kappa shape index (κ3) is 2.80. The molecule has 19 heavy (non-hydrogen) atoms. The van der Waals surface area contributed by atoms with Gasteiger partial charge in [-0.25, -0.2) is 4.98 Å². The molecule has 1 aliphatic rings. The maximum atomic E-state index is 6.37. The van der Waals surface area contributed by atoms with E-state index in [2.05, 4.69) is 25.3 Å². The van der Waals surface area contributed by atoms with Gasteiger partial charge < -0.3 is 10.3 Å². The van der Waals surface area contributed by atoms with Gasteiger partial charge in [0.2, 0.25) is 0 Å². The second-order valence-electron chi connectivity index (χ2n) is 5.83. The fourth-order valence-electron chi connectivity index (χ4n) is 3.48. The maximum absolute atomic E-state index is 6.37. The molecule has 0 radical (unpaired) electrons. The number of imidazole rings is 1. The van der Waals surface area contributed by atoms with E-state index < -0.39 is 0 Å². The van der Waals surface area contributed by atoms with Crippen molar-refractivity contribution in [1.29, 1.82) is 0 Å². The number of aromatic nitrogens is 2. The highest BCUT2D eigenvalue weighted by Crippen LogP contribution is 2.36. The molecule has 3 nitrogen and oxygen atoms in total. The van der Waals surface area contributed by atoms with Gasteiger partial charge in [0.05, 0.1) is 5.69 Å². The summed E-state index contributed by atoms with van der Waals surface area (Å²) in [6.45, 7) is 7.60. The number of nitrogen functional groups attached to an aromatic ring is 1. The lowest BCUT2D eigenvalue weighted by molar-refractivity contribution is 0.417. The van der Waals surface area contributed by atoms with Crippen LogP contribution in [0.15, 0.2) is 0 Å². The highest BCUT2D eigenvalue weighted by Gasteiger charge is 2.25. The minimum atomic E-state index is 0.523. The first kappa shape index (κ1) is 14.4. The van der Waals surface area contributed by atoms with E-state index in [-0.39, 0.29) is 0 Å². The van der Waals surface area contributed by atoms with Gasteiger partial charge >= 0.3 is 0 Å². The monoisotopic (exact) mass is 263 g/mol. The Morgan fingerprint density at radius 3 is 2.32 bits per heavy atom. The largest absolute Gasteiger partial charge is 0.384 e. The van der Waals surface area contributed by atoms with Crippen molar-refractivity contribution in [1.82, 2.24) is 9.55 Å². The second kappa shape index (κ2) is 6.44. The molecule has 1 aromatic rings. The summed E-state index contributed by atoms with van der Waals surface area (Å²) in [6.07, 6.45) is 8.93. The molecule has 108 valence electrons. The topological polar surface area (TPSA) is 43.8 Å². The van der Waals surface area contributed by atoms with E-state index in [1.807, 2.05) is 0 Å². The average Bonchev–Trinajstić information content (AvgIpc) is 2.78. The lowest BCUT2D eigenvalue weighted by atomic mass is 9.88. The van der Waals surface area contributed by atoms with Crippen molar-refractivity contribution in [2.24, 2.45) is 0 Å². The highest BCUT2D eigenvalue weighted by molar-refractivity contribution is 5.41. The van der Waals surface area contributed by atoms with Crippen molar-refractivity contribution < 1.29 is 0 Å². The molecule has 0 aliphatic heterocycles. The van der Waals surface area contributed by atoms with Crippen LogP contribution >= 0.6 is 0 Å². The van der Waals surface area contributed by atoms with Gasteiger partial charge in [0.1, 0.15) is 11.6 Å². The molecule has 1 aromatic heterocycles. The Balaban J connectivity index is 2.34. The van der Waals surface area contributed by atoms with E-state index >= 15 is 0 Å². The van der Waals surface area contributed by atoms with E-state index in [0.29, 0.717) is 11.8 Å². The van der Waals surface area contributed by atoms with E-state index in [4.69, 9.17) is 10.7 Å². The summed E-state index contributed by atoms with van der Waals surface area (Å²) in [6, 6.07) is 0. The molecule has 2 rings (SSSR count). The summed E-state index contributed by atoms with van der Waals surface area (Å²) in [5.74, 6) is 3.35. The Hall–Kier alpha value is -0.990. The number of nitrogens with zero attached hydrogens (tertiary/aromatic N) is 2. The first-order valence-electron chi connectivity index (χ1n) is 8.08.